The Morgan fingerprint density at radius 2 is 1.29 bits per heavy atom. The van der Waals surface area contributed by atoms with Gasteiger partial charge in [-0.25, -0.2) is 9.59 Å². The van der Waals surface area contributed by atoms with Crippen LogP contribution in [0.1, 0.15) is 21.5 Å². The fourth-order valence-corrected chi connectivity index (χ4v) is 3.91. The Balaban J connectivity index is 1.95. The SMILES string of the molecule is COC(=O)C(Cn1ncc(C(=O)OC)c1-c1ccccc1)=C(c1ccccc1)c1ccccc1. The van der Waals surface area contributed by atoms with Crippen molar-refractivity contribution in [3.63, 3.8) is 0 Å². The molecule has 0 radical (unpaired) electrons. The van der Waals surface area contributed by atoms with E-state index in [0.717, 1.165) is 22.3 Å². The second-order valence-corrected chi connectivity index (χ2v) is 7.50. The normalized spacial score (nSPS) is 10.4. The van der Waals surface area contributed by atoms with Crippen LogP contribution in [-0.4, -0.2) is 35.9 Å². The van der Waals surface area contributed by atoms with E-state index in [9.17, 15) is 9.59 Å². The van der Waals surface area contributed by atoms with Gasteiger partial charge in [0.2, 0.25) is 0 Å². The van der Waals surface area contributed by atoms with E-state index in [2.05, 4.69) is 5.10 Å². The second kappa shape index (κ2) is 10.4. The number of nitrogens with zero attached hydrogens (tertiary/aromatic N) is 2. The first-order valence-electron chi connectivity index (χ1n) is 10.8. The fraction of sp³-hybridized carbons (Fsp3) is 0.107. The molecule has 1 heterocycles. The number of hydrogen-bond acceptors (Lipinski definition) is 5. The molecule has 4 aromatic rings. The summed E-state index contributed by atoms with van der Waals surface area (Å²) in [4.78, 5) is 25.6. The van der Waals surface area contributed by atoms with Crippen LogP contribution in [0.25, 0.3) is 16.8 Å². The van der Waals surface area contributed by atoms with Crippen molar-refractivity contribution in [2.24, 2.45) is 0 Å². The summed E-state index contributed by atoms with van der Waals surface area (Å²) in [5, 5.41) is 4.46. The molecule has 0 aliphatic heterocycles. The molecule has 0 fully saturated rings. The van der Waals surface area contributed by atoms with Gasteiger partial charge in [0.1, 0.15) is 5.56 Å². The zero-order valence-corrected chi connectivity index (χ0v) is 19.0. The van der Waals surface area contributed by atoms with Gasteiger partial charge in [0.25, 0.3) is 0 Å². The predicted octanol–water partition coefficient (Wildman–Crippen LogP) is 5.01. The van der Waals surface area contributed by atoms with Crippen molar-refractivity contribution < 1.29 is 19.1 Å². The van der Waals surface area contributed by atoms with E-state index < -0.39 is 11.9 Å². The van der Waals surface area contributed by atoms with Gasteiger partial charge in [-0.15, -0.1) is 0 Å². The van der Waals surface area contributed by atoms with Crippen molar-refractivity contribution in [2.75, 3.05) is 14.2 Å². The van der Waals surface area contributed by atoms with Crippen molar-refractivity contribution in [2.45, 2.75) is 6.54 Å². The molecule has 1 aromatic heterocycles. The lowest BCUT2D eigenvalue weighted by Gasteiger charge is -2.17. The largest absolute Gasteiger partial charge is 0.466 e. The predicted molar refractivity (Wildman–Crippen MR) is 130 cm³/mol. The van der Waals surface area contributed by atoms with Gasteiger partial charge in [0.15, 0.2) is 0 Å². The minimum absolute atomic E-state index is 0.0903. The number of carbonyl (C=O) groups excluding carboxylic acids is 2. The Morgan fingerprint density at radius 3 is 1.79 bits per heavy atom. The number of hydrogen-bond donors (Lipinski definition) is 0. The van der Waals surface area contributed by atoms with Gasteiger partial charge in [0.05, 0.1) is 38.2 Å². The van der Waals surface area contributed by atoms with E-state index in [4.69, 9.17) is 9.47 Å². The third-order valence-corrected chi connectivity index (χ3v) is 5.46. The molecule has 0 atom stereocenters. The number of rotatable bonds is 7. The number of carbonyl (C=O) groups is 2. The summed E-state index contributed by atoms with van der Waals surface area (Å²) in [5.74, 6) is -0.975. The topological polar surface area (TPSA) is 70.4 Å². The van der Waals surface area contributed by atoms with Crippen molar-refractivity contribution >= 4 is 17.5 Å². The smallest absolute Gasteiger partial charge is 0.341 e. The van der Waals surface area contributed by atoms with E-state index in [1.165, 1.54) is 20.4 Å². The van der Waals surface area contributed by atoms with Crippen LogP contribution in [0, 0.1) is 0 Å². The minimum Gasteiger partial charge on any atom is -0.466 e. The molecule has 6 nitrogen and oxygen atoms in total. The molecule has 0 amide bonds. The molecule has 3 aromatic carbocycles. The summed E-state index contributed by atoms with van der Waals surface area (Å²) in [6.07, 6.45) is 1.47. The van der Waals surface area contributed by atoms with Crippen molar-refractivity contribution in [1.82, 2.24) is 9.78 Å². The third kappa shape index (κ3) is 4.66. The first kappa shape index (κ1) is 22.7. The number of methoxy groups -OCH3 is 2. The first-order valence-corrected chi connectivity index (χ1v) is 10.8. The molecular formula is C28H24N2O4. The monoisotopic (exact) mass is 452 g/mol. The van der Waals surface area contributed by atoms with Crippen LogP contribution in [0.2, 0.25) is 0 Å². The number of ether oxygens (including phenoxy) is 2. The molecule has 0 saturated heterocycles. The Kier molecular flexibility index (Phi) is 6.98. The molecule has 0 aliphatic rings. The summed E-state index contributed by atoms with van der Waals surface area (Å²) in [5.41, 5.74) is 4.56. The van der Waals surface area contributed by atoms with Crippen LogP contribution in [0.3, 0.4) is 0 Å². The molecule has 6 heteroatoms. The minimum atomic E-state index is -0.500. The Hall–Kier alpha value is -4.45. The fourth-order valence-electron chi connectivity index (χ4n) is 3.91. The summed E-state index contributed by atoms with van der Waals surface area (Å²) in [6, 6.07) is 28.8. The molecule has 0 unspecified atom stereocenters. The molecule has 4 rings (SSSR count). The molecule has 0 bridgehead atoms. The van der Waals surface area contributed by atoms with Crippen LogP contribution >= 0.6 is 0 Å². The Bertz CT molecular complexity index is 1270. The highest BCUT2D eigenvalue weighted by molar-refractivity contribution is 6.02. The molecule has 0 N–H and O–H groups in total. The van der Waals surface area contributed by atoms with Gasteiger partial charge in [-0.1, -0.05) is 91.0 Å². The van der Waals surface area contributed by atoms with Crippen molar-refractivity contribution in [3.8, 4) is 11.3 Å². The highest BCUT2D eigenvalue weighted by Gasteiger charge is 2.25. The zero-order chi connectivity index (χ0) is 23.9. The lowest BCUT2D eigenvalue weighted by Crippen LogP contribution is -2.16. The van der Waals surface area contributed by atoms with Crippen LogP contribution in [0.4, 0.5) is 0 Å². The van der Waals surface area contributed by atoms with E-state index in [0.29, 0.717) is 16.8 Å². The highest BCUT2D eigenvalue weighted by Crippen LogP contribution is 2.31. The van der Waals surface area contributed by atoms with Crippen LogP contribution in [0.15, 0.2) is 103 Å². The highest BCUT2D eigenvalue weighted by atomic mass is 16.5. The first-order chi connectivity index (χ1) is 16.6. The second-order valence-electron chi connectivity index (χ2n) is 7.50. The summed E-state index contributed by atoms with van der Waals surface area (Å²) in [6.45, 7) is 0.0903. The average Bonchev–Trinajstić information content (AvgIpc) is 3.32. The van der Waals surface area contributed by atoms with Crippen LogP contribution in [-0.2, 0) is 20.8 Å². The van der Waals surface area contributed by atoms with Gasteiger partial charge in [-0.2, -0.15) is 5.10 Å². The van der Waals surface area contributed by atoms with Crippen LogP contribution < -0.4 is 0 Å². The molecule has 0 aliphatic carbocycles. The lowest BCUT2D eigenvalue weighted by atomic mass is 9.92. The summed E-state index contributed by atoms with van der Waals surface area (Å²) >= 11 is 0. The van der Waals surface area contributed by atoms with Gasteiger partial charge in [-0.05, 0) is 11.1 Å². The third-order valence-electron chi connectivity index (χ3n) is 5.46. The van der Waals surface area contributed by atoms with Crippen LogP contribution in [0.5, 0.6) is 0 Å². The molecule has 0 saturated carbocycles. The molecule has 34 heavy (non-hydrogen) atoms. The van der Waals surface area contributed by atoms with Gasteiger partial charge in [0, 0.05) is 11.1 Å². The maximum Gasteiger partial charge on any atom is 0.341 e. The van der Waals surface area contributed by atoms with Gasteiger partial charge < -0.3 is 9.47 Å². The maximum absolute atomic E-state index is 13.1. The lowest BCUT2D eigenvalue weighted by molar-refractivity contribution is -0.136. The molecule has 0 spiro atoms. The van der Waals surface area contributed by atoms with E-state index in [1.807, 2.05) is 91.0 Å². The van der Waals surface area contributed by atoms with E-state index >= 15 is 0 Å². The summed E-state index contributed by atoms with van der Waals surface area (Å²) in [7, 11) is 2.69. The number of esters is 2. The average molecular weight is 453 g/mol. The van der Waals surface area contributed by atoms with Crippen molar-refractivity contribution in [1.29, 1.82) is 0 Å². The van der Waals surface area contributed by atoms with E-state index in [1.54, 1.807) is 4.68 Å². The Labute approximate surface area is 198 Å². The molecular weight excluding hydrogens is 428 g/mol. The summed E-state index contributed by atoms with van der Waals surface area (Å²) < 4.78 is 11.8. The van der Waals surface area contributed by atoms with Crippen molar-refractivity contribution in [3.05, 3.63) is 119 Å². The van der Waals surface area contributed by atoms with E-state index in [-0.39, 0.29) is 6.54 Å². The standard InChI is InChI=1S/C28H24N2O4/c1-33-27(31)23-18-29-30(26(23)22-16-10-5-11-17-22)19-24(28(32)34-2)25(20-12-6-3-7-13-20)21-14-8-4-9-15-21/h3-18H,19H2,1-2H3. The number of benzene rings is 3. The number of aromatic nitrogens is 2. The Morgan fingerprint density at radius 1 is 0.765 bits per heavy atom. The zero-order valence-electron chi connectivity index (χ0n) is 19.0. The van der Waals surface area contributed by atoms with Gasteiger partial charge >= 0.3 is 11.9 Å². The quantitative estimate of drug-likeness (QED) is 0.291. The maximum atomic E-state index is 13.1. The molecule has 170 valence electrons. The van der Waals surface area contributed by atoms with Gasteiger partial charge in [-0.3, -0.25) is 4.68 Å².